The maximum Gasteiger partial charge on any atom is 0.268 e. The number of carbonyl (C=O) groups excluding carboxylic acids is 1. The van der Waals surface area contributed by atoms with Crippen LogP contribution in [-0.4, -0.2) is 17.0 Å². The number of hydrogen-bond acceptors (Lipinski definition) is 4. The highest BCUT2D eigenvalue weighted by Gasteiger charge is 2.34. The largest absolute Gasteiger partial charge is 0.478 e. The molecule has 0 N–H and O–H groups in total. The van der Waals surface area contributed by atoms with Crippen molar-refractivity contribution >= 4 is 33.7 Å². The third kappa shape index (κ3) is 3.49. The summed E-state index contributed by atoms with van der Waals surface area (Å²) in [5.41, 5.74) is 3.92. The number of hydrogen-bond donors (Lipinski definition) is 0. The van der Waals surface area contributed by atoms with E-state index < -0.39 is 6.10 Å². The van der Waals surface area contributed by atoms with Gasteiger partial charge in [0.05, 0.1) is 22.9 Å². The molecule has 1 unspecified atom stereocenters. The van der Waals surface area contributed by atoms with Crippen LogP contribution >= 0.6 is 11.3 Å². The van der Waals surface area contributed by atoms with Gasteiger partial charge < -0.3 is 9.64 Å². The van der Waals surface area contributed by atoms with Gasteiger partial charge in [0.2, 0.25) is 0 Å². The Morgan fingerprint density at radius 2 is 1.87 bits per heavy atom. The van der Waals surface area contributed by atoms with Gasteiger partial charge in [-0.1, -0.05) is 49.4 Å². The Kier molecular flexibility index (Phi) is 4.98. The van der Waals surface area contributed by atoms with E-state index in [1.54, 1.807) is 11.3 Å². The molecule has 156 valence electrons. The molecular weight excluding hydrogens is 404 g/mol. The fourth-order valence-corrected chi connectivity index (χ4v) is 5.13. The summed E-state index contributed by atoms with van der Waals surface area (Å²) in [6.45, 7) is 6.60. The van der Waals surface area contributed by atoms with Crippen molar-refractivity contribution in [2.24, 2.45) is 0 Å². The van der Waals surface area contributed by atoms with E-state index in [1.807, 2.05) is 49.1 Å². The van der Waals surface area contributed by atoms with E-state index in [-0.39, 0.29) is 5.91 Å². The molecule has 0 radical (unpaired) electrons. The van der Waals surface area contributed by atoms with E-state index in [2.05, 4.69) is 37.3 Å². The monoisotopic (exact) mass is 428 g/mol. The lowest BCUT2D eigenvalue weighted by atomic mass is 10.0. The summed E-state index contributed by atoms with van der Waals surface area (Å²) < 4.78 is 6.07. The van der Waals surface area contributed by atoms with Gasteiger partial charge in [-0.25, -0.2) is 4.98 Å². The topological polar surface area (TPSA) is 42.4 Å². The fourth-order valence-electron chi connectivity index (χ4n) is 4.29. The summed E-state index contributed by atoms with van der Waals surface area (Å²) in [5, 5.41) is 3.38. The van der Waals surface area contributed by atoms with Crippen LogP contribution in [0.5, 0.6) is 5.75 Å². The molecular formula is C26H24N2O2S. The first kappa shape index (κ1) is 19.8. The molecule has 1 aliphatic heterocycles. The Morgan fingerprint density at radius 3 is 2.65 bits per heavy atom. The standard InChI is InChI=1S/C26H24N2O2S/c1-4-23-26(29)28(15-20-10-7-9-18-8-5-6-11-21(18)20)22-14-19(12-13-24(22)30-23)25-16(2)31-17(3)27-25/h5-14,23H,4,15H2,1-3H3. The summed E-state index contributed by atoms with van der Waals surface area (Å²) in [6.07, 6.45) is 0.174. The number of thiazole rings is 1. The Hall–Kier alpha value is -3.18. The molecule has 0 bridgehead atoms. The molecule has 0 aliphatic carbocycles. The predicted octanol–water partition coefficient (Wildman–Crippen LogP) is 6.28. The van der Waals surface area contributed by atoms with Crippen molar-refractivity contribution in [3.8, 4) is 17.0 Å². The van der Waals surface area contributed by atoms with E-state index in [0.717, 1.165) is 33.3 Å². The van der Waals surface area contributed by atoms with Crippen LogP contribution in [0, 0.1) is 13.8 Å². The van der Waals surface area contributed by atoms with Crippen LogP contribution in [0.4, 0.5) is 5.69 Å². The normalized spacial score (nSPS) is 15.8. The number of benzene rings is 3. The van der Waals surface area contributed by atoms with Crippen molar-refractivity contribution in [1.82, 2.24) is 4.98 Å². The number of anilines is 1. The van der Waals surface area contributed by atoms with E-state index in [4.69, 9.17) is 9.72 Å². The fraction of sp³-hybridized carbons (Fsp3) is 0.231. The molecule has 2 heterocycles. The molecule has 4 nitrogen and oxygen atoms in total. The van der Waals surface area contributed by atoms with Gasteiger partial charge in [0.15, 0.2) is 6.10 Å². The molecule has 5 heteroatoms. The van der Waals surface area contributed by atoms with Crippen LogP contribution in [0.1, 0.15) is 28.8 Å². The van der Waals surface area contributed by atoms with E-state index in [0.29, 0.717) is 13.0 Å². The Labute approximate surface area is 186 Å². The third-order valence-electron chi connectivity index (χ3n) is 5.82. The number of nitrogens with zero attached hydrogens (tertiary/aromatic N) is 2. The zero-order valence-electron chi connectivity index (χ0n) is 17.9. The summed E-state index contributed by atoms with van der Waals surface area (Å²) >= 11 is 1.69. The van der Waals surface area contributed by atoms with E-state index in [9.17, 15) is 4.79 Å². The average molecular weight is 429 g/mol. The lowest BCUT2D eigenvalue weighted by Gasteiger charge is -2.34. The van der Waals surface area contributed by atoms with Crippen molar-refractivity contribution in [1.29, 1.82) is 0 Å². The van der Waals surface area contributed by atoms with Gasteiger partial charge in [-0.3, -0.25) is 4.79 Å². The minimum Gasteiger partial charge on any atom is -0.478 e. The summed E-state index contributed by atoms with van der Waals surface area (Å²) in [5.74, 6) is 0.756. The van der Waals surface area contributed by atoms with Gasteiger partial charge in [0.1, 0.15) is 5.75 Å². The number of aryl methyl sites for hydroxylation is 2. The molecule has 5 rings (SSSR count). The summed E-state index contributed by atoms with van der Waals surface area (Å²) in [6, 6.07) is 20.6. The third-order valence-corrected chi connectivity index (χ3v) is 6.70. The zero-order valence-corrected chi connectivity index (χ0v) is 18.7. The maximum absolute atomic E-state index is 13.4. The van der Waals surface area contributed by atoms with Crippen molar-refractivity contribution < 1.29 is 9.53 Å². The minimum absolute atomic E-state index is 0.00580. The predicted molar refractivity (Wildman–Crippen MR) is 127 cm³/mol. The van der Waals surface area contributed by atoms with Crippen molar-refractivity contribution in [2.75, 3.05) is 4.90 Å². The average Bonchev–Trinajstić information content (AvgIpc) is 3.13. The SMILES string of the molecule is CCC1Oc2ccc(-c3nc(C)sc3C)cc2N(Cc2cccc3ccccc23)C1=O. The molecule has 3 aromatic carbocycles. The molecule has 0 fully saturated rings. The second-order valence-electron chi connectivity index (χ2n) is 7.90. The van der Waals surface area contributed by atoms with Gasteiger partial charge in [-0.15, -0.1) is 11.3 Å². The molecule has 0 saturated carbocycles. The molecule has 31 heavy (non-hydrogen) atoms. The highest BCUT2D eigenvalue weighted by Crippen LogP contribution is 2.40. The molecule has 1 aromatic heterocycles. The molecule has 1 aliphatic rings. The van der Waals surface area contributed by atoms with Gasteiger partial charge >= 0.3 is 0 Å². The van der Waals surface area contributed by atoms with Crippen LogP contribution < -0.4 is 9.64 Å². The summed E-state index contributed by atoms with van der Waals surface area (Å²) in [7, 11) is 0. The lowest BCUT2D eigenvalue weighted by molar-refractivity contribution is -0.126. The Balaban J connectivity index is 1.62. The number of rotatable bonds is 4. The Bertz CT molecular complexity index is 1290. The first-order valence-corrected chi connectivity index (χ1v) is 11.4. The lowest BCUT2D eigenvalue weighted by Crippen LogP contribution is -2.45. The van der Waals surface area contributed by atoms with Crippen LogP contribution in [0.15, 0.2) is 60.7 Å². The van der Waals surface area contributed by atoms with Crippen LogP contribution in [0.3, 0.4) is 0 Å². The zero-order chi connectivity index (χ0) is 21.5. The number of carbonyl (C=O) groups is 1. The molecule has 1 atom stereocenters. The van der Waals surface area contributed by atoms with Crippen molar-refractivity contribution in [3.63, 3.8) is 0 Å². The molecule has 0 spiro atoms. The van der Waals surface area contributed by atoms with E-state index >= 15 is 0 Å². The number of ether oxygens (including phenoxy) is 1. The smallest absolute Gasteiger partial charge is 0.268 e. The second-order valence-corrected chi connectivity index (χ2v) is 9.30. The molecule has 1 amide bonds. The van der Waals surface area contributed by atoms with E-state index in [1.165, 1.54) is 15.6 Å². The molecule has 0 saturated heterocycles. The Morgan fingerprint density at radius 1 is 1.06 bits per heavy atom. The van der Waals surface area contributed by atoms with Gasteiger partial charge in [0.25, 0.3) is 5.91 Å². The van der Waals surface area contributed by atoms with Gasteiger partial charge in [0, 0.05) is 10.4 Å². The van der Waals surface area contributed by atoms with Crippen molar-refractivity contribution in [3.05, 3.63) is 76.1 Å². The van der Waals surface area contributed by atoms with Crippen LogP contribution in [0.25, 0.3) is 22.0 Å². The summed E-state index contributed by atoms with van der Waals surface area (Å²) in [4.78, 5) is 21.1. The highest BCUT2D eigenvalue weighted by atomic mass is 32.1. The van der Waals surface area contributed by atoms with Crippen LogP contribution in [0.2, 0.25) is 0 Å². The number of fused-ring (bicyclic) bond motifs is 2. The number of amides is 1. The second kappa shape index (κ2) is 7.82. The number of aromatic nitrogens is 1. The van der Waals surface area contributed by atoms with Gasteiger partial charge in [-0.05, 0) is 54.8 Å². The quantitative estimate of drug-likeness (QED) is 0.384. The highest BCUT2D eigenvalue weighted by molar-refractivity contribution is 7.11. The van der Waals surface area contributed by atoms with Crippen LogP contribution in [-0.2, 0) is 11.3 Å². The first-order chi connectivity index (χ1) is 15.0. The van der Waals surface area contributed by atoms with Gasteiger partial charge in [-0.2, -0.15) is 0 Å². The maximum atomic E-state index is 13.4. The minimum atomic E-state index is -0.462. The first-order valence-electron chi connectivity index (χ1n) is 10.6. The molecule has 4 aromatic rings. The van der Waals surface area contributed by atoms with Crippen molar-refractivity contribution in [2.45, 2.75) is 39.8 Å².